The van der Waals surface area contributed by atoms with Gasteiger partial charge in [0.1, 0.15) is 5.75 Å². The molecule has 1 aromatic carbocycles. The van der Waals surface area contributed by atoms with Crippen LogP contribution in [0.25, 0.3) is 0 Å². The molecule has 0 aromatic heterocycles. The third-order valence-corrected chi connectivity index (χ3v) is 5.73. The van der Waals surface area contributed by atoms with Crippen molar-refractivity contribution in [1.82, 2.24) is 5.32 Å². The molecule has 1 unspecified atom stereocenters. The van der Waals surface area contributed by atoms with E-state index in [4.69, 9.17) is 4.74 Å². The number of sulfone groups is 1. The van der Waals surface area contributed by atoms with Crippen molar-refractivity contribution in [3.63, 3.8) is 0 Å². The summed E-state index contributed by atoms with van der Waals surface area (Å²) in [6.07, 6.45) is 0. The van der Waals surface area contributed by atoms with Gasteiger partial charge in [0.05, 0.1) is 18.1 Å². The van der Waals surface area contributed by atoms with Gasteiger partial charge in [-0.15, -0.1) is 0 Å². The molecule has 0 aliphatic carbocycles. The van der Waals surface area contributed by atoms with E-state index in [2.05, 4.69) is 5.32 Å². The SMILES string of the molecule is COc1ccc(C2CNCCS2(=O)=O)c(C)c1C. The van der Waals surface area contributed by atoms with E-state index in [9.17, 15) is 8.42 Å². The topological polar surface area (TPSA) is 55.4 Å². The maximum absolute atomic E-state index is 12.1. The molecule has 1 heterocycles. The molecule has 18 heavy (non-hydrogen) atoms. The van der Waals surface area contributed by atoms with Crippen molar-refractivity contribution < 1.29 is 13.2 Å². The number of hydrogen-bond donors (Lipinski definition) is 1. The molecule has 2 rings (SSSR count). The van der Waals surface area contributed by atoms with Crippen LogP contribution in [0, 0.1) is 13.8 Å². The third-order valence-electron chi connectivity index (χ3n) is 3.67. The van der Waals surface area contributed by atoms with Crippen LogP contribution in [0.4, 0.5) is 0 Å². The van der Waals surface area contributed by atoms with E-state index in [1.165, 1.54) is 0 Å². The van der Waals surface area contributed by atoms with Crippen molar-refractivity contribution in [3.8, 4) is 5.75 Å². The van der Waals surface area contributed by atoms with E-state index in [0.717, 1.165) is 22.4 Å². The Kier molecular flexibility index (Phi) is 3.64. The number of methoxy groups -OCH3 is 1. The van der Waals surface area contributed by atoms with E-state index < -0.39 is 15.1 Å². The number of ether oxygens (including phenoxy) is 1. The quantitative estimate of drug-likeness (QED) is 0.881. The van der Waals surface area contributed by atoms with Gasteiger partial charge >= 0.3 is 0 Å². The molecule has 0 spiro atoms. The number of hydrogen-bond acceptors (Lipinski definition) is 4. The van der Waals surface area contributed by atoms with Gasteiger partial charge in [-0.1, -0.05) is 6.07 Å². The molecule has 1 aliphatic rings. The van der Waals surface area contributed by atoms with E-state index in [1.54, 1.807) is 7.11 Å². The maximum Gasteiger partial charge on any atom is 0.159 e. The highest BCUT2D eigenvalue weighted by Crippen LogP contribution is 2.32. The van der Waals surface area contributed by atoms with Crippen LogP contribution in [0.3, 0.4) is 0 Å². The fourth-order valence-corrected chi connectivity index (χ4v) is 4.13. The predicted octanol–water partition coefficient (Wildman–Crippen LogP) is 1.37. The summed E-state index contributed by atoms with van der Waals surface area (Å²) in [7, 11) is -1.41. The zero-order valence-corrected chi connectivity index (χ0v) is 11.8. The fourth-order valence-electron chi connectivity index (χ4n) is 2.41. The van der Waals surface area contributed by atoms with Crippen molar-refractivity contribution >= 4 is 9.84 Å². The molecule has 1 fully saturated rings. The Morgan fingerprint density at radius 2 is 2.00 bits per heavy atom. The van der Waals surface area contributed by atoms with Crippen LogP contribution in [0.15, 0.2) is 12.1 Å². The Balaban J connectivity index is 2.48. The zero-order chi connectivity index (χ0) is 13.3. The third kappa shape index (κ3) is 2.24. The van der Waals surface area contributed by atoms with E-state index in [-0.39, 0.29) is 5.75 Å². The van der Waals surface area contributed by atoms with Gasteiger partial charge < -0.3 is 10.1 Å². The molecular weight excluding hydrogens is 250 g/mol. The molecule has 0 amide bonds. The molecule has 1 saturated heterocycles. The van der Waals surface area contributed by atoms with Gasteiger partial charge in [0.25, 0.3) is 0 Å². The van der Waals surface area contributed by atoms with Gasteiger partial charge in [0.15, 0.2) is 9.84 Å². The Labute approximate surface area is 108 Å². The molecule has 1 N–H and O–H groups in total. The van der Waals surface area contributed by atoms with Gasteiger partial charge in [-0.3, -0.25) is 0 Å². The lowest BCUT2D eigenvalue weighted by atomic mass is 9.99. The molecular formula is C13H19NO3S. The van der Waals surface area contributed by atoms with E-state index in [1.807, 2.05) is 26.0 Å². The molecule has 1 aliphatic heterocycles. The first kappa shape index (κ1) is 13.4. The monoisotopic (exact) mass is 269 g/mol. The molecule has 0 saturated carbocycles. The van der Waals surface area contributed by atoms with Gasteiger partial charge in [-0.2, -0.15) is 0 Å². The fraction of sp³-hybridized carbons (Fsp3) is 0.538. The van der Waals surface area contributed by atoms with Crippen molar-refractivity contribution in [2.45, 2.75) is 19.1 Å². The summed E-state index contributed by atoms with van der Waals surface area (Å²) in [5.41, 5.74) is 2.91. The van der Waals surface area contributed by atoms with Crippen LogP contribution in [0.5, 0.6) is 5.75 Å². The summed E-state index contributed by atoms with van der Waals surface area (Å²) >= 11 is 0. The average Bonchev–Trinajstić information content (AvgIpc) is 2.33. The average molecular weight is 269 g/mol. The predicted molar refractivity (Wildman–Crippen MR) is 71.9 cm³/mol. The Morgan fingerprint density at radius 3 is 2.61 bits per heavy atom. The molecule has 0 bridgehead atoms. The molecule has 5 heteroatoms. The normalized spacial score (nSPS) is 22.7. The summed E-state index contributed by atoms with van der Waals surface area (Å²) in [5, 5.41) is 2.72. The second-order valence-electron chi connectivity index (χ2n) is 4.67. The standard InChI is InChI=1S/C13H19NO3S/c1-9-10(2)12(17-3)5-4-11(9)13-8-14-6-7-18(13,15)16/h4-5,13-14H,6-8H2,1-3H3. The van der Waals surface area contributed by atoms with E-state index in [0.29, 0.717) is 13.1 Å². The van der Waals surface area contributed by atoms with Crippen LogP contribution < -0.4 is 10.1 Å². The smallest absolute Gasteiger partial charge is 0.159 e. The van der Waals surface area contributed by atoms with Gasteiger partial charge in [-0.25, -0.2) is 8.42 Å². The summed E-state index contributed by atoms with van der Waals surface area (Å²) in [6, 6.07) is 3.72. The van der Waals surface area contributed by atoms with Crippen molar-refractivity contribution in [3.05, 3.63) is 28.8 Å². The Morgan fingerprint density at radius 1 is 1.28 bits per heavy atom. The maximum atomic E-state index is 12.1. The minimum absolute atomic E-state index is 0.210. The zero-order valence-electron chi connectivity index (χ0n) is 11.0. The lowest BCUT2D eigenvalue weighted by Gasteiger charge is -2.26. The van der Waals surface area contributed by atoms with Crippen molar-refractivity contribution in [1.29, 1.82) is 0 Å². The summed E-state index contributed by atoms with van der Waals surface area (Å²) < 4.78 is 29.5. The van der Waals surface area contributed by atoms with Gasteiger partial charge in [-0.05, 0) is 36.6 Å². The number of rotatable bonds is 2. The lowest BCUT2D eigenvalue weighted by Crippen LogP contribution is -2.39. The Bertz CT molecular complexity index is 552. The summed E-state index contributed by atoms with van der Waals surface area (Å²) in [6.45, 7) is 4.96. The van der Waals surface area contributed by atoms with E-state index >= 15 is 0 Å². The minimum atomic E-state index is -3.04. The molecule has 100 valence electrons. The molecule has 0 radical (unpaired) electrons. The van der Waals surface area contributed by atoms with Crippen LogP contribution in [0.2, 0.25) is 0 Å². The highest BCUT2D eigenvalue weighted by atomic mass is 32.2. The highest BCUT2D eigenvalue weighted by molar-refractivity contribution is 7.91. The van der Waals surface area contributed by atoms with Crippen LogP contribution in [0.1, 0.15) is 21.9 Å². The van der Waals surface area contributed by atoms with Gasteiger partial charge in [0, 0.05) is 13.1 Å². The summed E-state index contributed by atoms with van der Waals surface area (Å²) in [4.78, 5) is 0. The number of benzene rings is 1. The molecule has 4 nitrogen and oxygen atoms in total. The second-order valence-corrected chi connectivity index (χ2v) is 6.97. The first-order valence-corrected chi connectivity index (χ1v) is 7.75. The van der Waals surface area contributed by atoms with Crippen molar-refractivity contribution in [2.75, 3.05) is 26.0 Å². The minimum Gasteiger partial charge on any atom is -0.496 e. The largest absolute Gasteiger partial charge is 0.496 e. The first-order valence-electron chi connectivity index (χ1n) is 6.03. The number of nitrogens with one attached hydrogen (secondary N) is 1. The van der Waals surface area contributed by atoms with Crippen LogP contribution >= 0.6 is 0 Å². The molecule has 1 aromatic rings. The highest BCUT2D eigenvalue weighted by Gasteiger charge is 2.31. The van der Waals surface area contributed by atoms with Crippen molar-refractivity contribution in [2.24, 2.45) is 0 Å². The first-order chi connectivity index (χ1) is 8.47. The second kappa shape index (κ2) is 4.90. The van der Waals surface area contributed by atoms with Crippen LogP contribution in [-0.4, -0.2) is 34.4 Å². The molecule has 1 atom stereocenters. The lowest BCUT2D eigenvalue weighted by molar-refractivity contribution is 0.411. The van der Waals surface area contributed by atoms with Crippen LogP contribution in [-0.2, 0) is 9.84 Å². The van der Waals surface area contributed by atoms with Gasteiger partial charge in [0.2, 0.25) is 0 Å². The summed E-state index contributed by atoms with van der Waals surface area (Å²) in [5.74, 6) is 1.01. The Hall–Kier alpha value is -1.07.